The van der Waals surface area contributed by atoms with Crippen molar-refractivity contribution >= 4 is 22.5 Å². The van der Waals surface area contributed by atoms with Crippen LogP contribution in [0.3, 0.4) is 0 Å². The van der Waals surface area contributed by atoms with Crippen molar-refractivity contribution in [2.45, 2.75) is 122 Å². The highest BCUT2D eigenvalue weighted by Crippen LogP contribution is 2.49. The summed E-state index contributed by atoms with van der Waals surface area (Å²) in [6.07, 6.45) is 7.55. The largest absolute Gasteiger partial charge is 0.412 e. The number of amides is 1. The van der Waals surface area contributed by atoms with Crippen LogP contribution in [0.2, 0.25) is 31.2 Å². The summed E-state index contributed by atoms with van der Waals surface area (Å²) in [5.74, 6) is -0.208. The maximum atomic E-state index is 12.3. The molecule has 0 aliphatic carbocycles. The number of nitrogens with zero attached hydrogens (tertiary/aromatic N) is 1. The molecule has 0 aliphatic heterocycles. The normalized spacial score (nSPS) is 15.6. The monoisotopic (exact) mass is 516 g/mol. The molecule has 8 heteroatoms. The van der Waals surface area contributed by atoms with Crippen LogP contribution < -0.4 is 4.98 Å². The van der Waals surface area contributed by atoms with E-state index in [9.17, 15) is 15.0 Å². The Balaban J connectivity index is 5.62. The minimum Gasteiger partial charge on any atom is -0.412 e. The van der Waals surface area contributed by atoms with Gasteiger partial charge in [-0.2, -0.15) is 0 Å². The Hall–Kier alpha value is -0.516. The van der Waals surface area contributed by atoms with E-state index in [2.05, 4.69) is 72.4 Å². The van der Waals surface area contributed by atoms with Gasteiger partial charge in [0.05, 0.1) is 17.9 Å². The van der Waals surface area contributed by atoms with Crippen LogP contribution in [0.4, 0.5) is 0 Å². The Kier molecular flexibility index (Phi) is 14.7. The van der Waals surface area contributed by atoms with E-state index in [0.29, 0.717) is 6.54 Å². The summed E-state index contributed by atoms with van der Waals surface area (Å²) in [7, 11) is -4.02. The van der Waals surface area contributed by atoms with Crippen LogP contribution in [0.5, 0.6) is 0 Å². The second-order valence-electron chi connectivity index (χ2n) is 11.1. The van der Waals surface area contributed by atoms with Gasteiger partial charge in [-0.3, -0.25) is 4.79 Å². The van der Waals surface area contributed by atoms with E-state index >= 15 is 0 Å². The van der Waals surface area contributed by atoms with Gasteiger partial charge >= 0.3 is 0 Å². The molecular formula is C26H56N2O4Si2. The molecule has 202 valence electrons. The van der Waals surface area contributed by atoms with Crippen LogP contribution in [0.25, 0.3) is 0 Å². The molecule has 0 rings (SSSR count). The summed E-state index contributed by atoms with van der Waals surface area (Å²) in [6.45, 7) is 25.9. The molecule has 0 aromatic carbocycles. The summed E-state index contributed by atoms with van der Waals surface area (Å²) in [5.41, 5.74) is 0. The second kappa shape index (κ2) is 14.9. The SMILES string of the molecule is C=CC(=O)N(CCCC(C)(CC)[Si](C)(C)OC(CC)(CC)[Si](C)(C)NCCCC)CC(O)CO. The van der Waals surface area contributed by atoms with Gasteiger partial charge in [0.1, 0.15) is 0 Å². The van der Waals surface area contributed by atoms with Gasteiger partial charge < -0.3 is 24.5 Å². The van der Waals surface area contributed by atoms with Crippen molar-refractivity contribution in [3.63, 3.8) is 0 Å². The lowest BCUT2D eigenvalue weighted by Gasteiger charge is -2.53. The quantitative estimate of drug-likeness (QED) is 0.125. The van der Waals surface area contributed by atoms with Crippen LogP contribution >= 0.6 is 0 Å². The topological polar surface area (TPSA) is 82.0 Å². The number of aliphatic hydroxyl groups is 2. The third-order valence-electron chi connectivity index (χ3n) is 8.35. The molecule has 0 spiro atoms. The summed E-state index contributed by atoms with van der Waals surface area (Å²) in [6, 6.07) is 0. The molecular weight excluding hydrogens is 460 g/mol. The third-order valence-corrected chi connectivity index (χ3v) is 17.2. The Bertz CT molecular complexity index is 612. The minimum absolute atomic E-state index is 0.0506. The van der Waals surface area contributed by atoms with Gasteiger partial charge in [-0.25, -0.2) is 0 Å². The van der Waals surface area contributed by atoms with Crippen molar-refractivity contribution in [3.05, 3.63) is 12.7 Å². The van der Waals surface area contributed by atoms with Gasteiger partial charge in [0.2, 0.25) is 5.91 Å². The maximum absolute atomic E-state index is 12.3. The molecule has 0 saturated carbocycles. The first kappa shape index (κ1) is 33.5. The van der Waals surface area contributed by atoms with E-state index in [1.165, 1.54) is 18.9 Å². The van der Waals surface area contributed by atoms with Crippen LogP contribution in [-0.4, -0.2) is 75.1 Å². The van der Waals surface area contributed by atoms with Gasteiger partial charge in [0, 0.05) is 13.1 Å². The lowest BCUT2D eigenvalue weighted by molar-refractivity contribution is -0.127. The van der Waals surface area contributed by atoms with Gasteiger partial charge in [-0.1, -0.05) is 67.1 Å². The van der Waals surface area contributed by atoms with Gasteiger partial charge in [-0.15, -0.1) is 0 Å². The van der Waals surface area contributed by atoms with E-state index in [-0.39, 0.29) is 29.3 Å². The van der Waals surface area contributed by atoms with Crippen molar-refractivity contribution in [1.29, 1.82) is 0 Å². The van der Waals surface area contributed by atoms with E-state index in [1.807, 2.05) is 0 Å². The molecule has 1 amide bonds. The molecule has 0 aliphatic rings. The highest BCUT2D eigenvalue weighted by Gasteiger charge is 2.53. The first-order valence-electron chi connectivity index (χ1n) is 13.4. The fourth-order valence-electron chi connectivity index (χ4n) is 5.05. The van der Waals surface area contributed by atoms with Crippen LogP contribution in [-0.2, 0) is 9.22 Å². The molecule has 2 atom stereocenters. The highest BCUT2D eigenvalue weighted by molar-refractivity contribution is 6.80. The fraction of sp³-hybridized carbons (Fsp3) is 0.885. The van der Waals surface area contributed by atoms with E-state index in [0.717, 1.165) is 38.6 Å². The Morgan fingerprint density at radius 1 is 1.12 bits per heavy atom. The number of carbonyl (C=O) groups is 1. The molecule has 0 heterocycles. The van der Waals surface area contributed by atoms with E-state index in [1.54, 1.807) is 4.90 Å². The van der Waals surface area contributed by atoms with E-state index < -0.39 is 22.7 Å². The lowest BCUT2D eigenvalue weighted by Crippen LogP contribution is -2.68. The number of nitrogens with one attached hydrogen (secondary N) is 1. The molecule has 6 nitrogen and oxygen atoms in total. The van der Waals surface area contributed by atoms with Crippen molar-refractivity contribution in [2.24, 2.45) is 0 Å². The number of unbranched alkanes of at least 4 members (excludes halogenated alkanes) is 1. The van der Waals surface area contributed by atoms with E-state index in [4.69, 9.17) is 4.43 Å². The van der Waals surface area contributed by atoms with Crippen LogP contribution in [0.15, 0.2) is 12.7 Å². The number of aliphatic hydroxyl groups excluding tert-OH is 2. The molecule has 0 fully saturated rings. The summed E-state index contributed by atoms with van der Waals surface area (Å²) < 4.78 is 7.35. The van der Waals surface area contributed by atoms with Crippen molar-refractivity contribution in [2.75, 3.05) is 26.2 Å². The predicted molar refractivity (Wildman–Crippen MR) is 150 cm³/mol. The minimum atomic E-state index is -2.16. The fourth-order valence-corrected chi connectivity index (χ4v) is 12.9. The molecule has 0 radical (unpaired) electrons. The third kappa shape index (κ3) is 8.85. The first-order valence-corrected chi connectivity index (χ1v) is 19.3. The zero-order chi connectivity index (χ0) is 26.6. The Morgan fingerprint density at radius 3 is 2.15 bits per heavy atom. The number of carbonyl (C=O) groups excluding carboxylic acids is 1. The smallest absolute Gasteiger partial charge is 0.246 e. The number of hydrogen-bond donors (Lipinski definition) is 3. The highest BCUT2D eigenvalue weighted by atomic mass is 28.4. The zero-order valence-electron chi connectivity index (χ0n) is 23.8. The molecule has 0 aromatic heterocycles. The number of rotatable bonds is 19. The zero-order valence-corrected chi connectivity index (χ0v) is 25.8. The van der Waals surface area contributed by atoms with Crippen LogP contribution in [0, 0.1) is 0 Å². The maximum Gasteiger partial charge on any atom is 0.246 e. The van der Waals surface area contributed by atoms with Gasteiger partial charge in [0.15, 0.2) is 16.6 Å². The van der Waals surface area contributed by atoms with Crippen molar-refractivity contribution in [3.8, 4) is 0 Å². The molecule has 2 unspecified atom stereocenters. The Morgan fingerprint density at radius 2 is 1.71 bits per heavy atom. The van der Waals surface area contributed by atoms with Crippen LogP contribution in [0.1, 0.15) is 79.6 Å². The molecule has 0 saturated heterocycles. The molecule has 0 bridgehead atoms. The predicted octanol–water partition coefficient (Wildman–Crippen LogP) is 5.22. The van der Waals surface area contributed by atoms with Gasteiger partial charge in [0.25, 0.3) is 0 Å². The molecule has 34 heavy (non-hydrogen) atoms. The number of hydrogen-bond acceptors (Lipinski definition) is 5. The van der Waals surface area contributed by atoms with Gasteiger partial charge in [-0.05, 0) is 62.9 Å². The second-order valence-corrected chi connectivity index (χ2v) is 20.0. The summed E-state index contributed by atoms with van der Waals surface area (Å²) in [5, 5.41) is 19.0. The lowest BCUT2D eigenvalue weighted by atomic mass is 10.0. The average Bonchev–Trinajstić information content (AvgIpc) is 2.80. The average molecular weight is 517 g/mol. The first-order chi connectivity index (χ1) is 15.7. The van der Waals surface area contributed by atoms with Crippen molar-refractivity contribution < 1.29 is 19.4 Å². The Labute approximate surface area is 212 Å². The van der Waals surface area contributed by atoms with Crippen molar-refractivity contribution in [1.82, 2.24) is 9.88 Å². The summed E-state index contributed by atoms with van der Waals surface area (Å²) in [4.78, 5) is 17.8. The standard InChI is InChI=1S/C26H56N2O4Si2/c1-11-16-19-27-33(7,8)26(14-4,15-5)32-34(9,10)25(6,13-3)18-17-20-28(24(31)12-2)21-23(30)22-29/h12,23,27,29-30H,2,11,13-22H2,1,3-10H3. The summed E-state index contributed by atoms with van der Waals surface area (Å²) >= 11 is 0. The molecule has 3 N–H and O–H groups in total. The molecule has 0 aromatic rings.